The number of anilines is 1. The molecule has 9 heteroatoms. The Morgan fingerprint density at radius 3 is 2.39 bits per heavy atom. The van der Waals surface area contributed by atoms with Gasteiger partial charge in [-0.2, -0.15) is 20.2 Å². The third-order valence-corrected chi connectivity index (χ3v) is 4.07. The van der Waals surface area contributed by atoms with E-state index in [4.69, 9.17) is 4.74 Å². The van der Waals surface area contributed by atoms with Crippen LogP contribution in [0.3, 0.4) is 0 Å². The van der Waals surface area contributed by atoms with E-state index in [0.717, 1.165) is 5.01 Å². The Hall–Kier alpha value is -3.62. The fourth-order valence-electron chi connectivity index (χ4n) is 2.76. The molecule has 0 fully saturated rings. The highest BCUT2D eigenvalue weighted by Crippen LogP contribution is 2.23. The van der Waals surface area contributed by atoms with Gasteiger partial charge in [0.15, 0.2) is 5.71 Å². The van der Waals surface area contributed by atoms with Crippen molar-refractivity contribution in [3.8, 4) is 0 Å². The van der Waals surface area contributed by atoms with Gasteiger partial charge < -0.3 is 4.74 Å². The Balaban J connectivity index is 2.08. The number of hydrazone groups is 2. The van der Waals surface area contributed by atoms with E-state index < -0.39 is 36.6 Å². The highest BCUT2D eigenvalue weighted by molar-refractivity contribution is 6.74. The molecule has 162 valence electrons. The number of rotatable bonds is 5. The van der Waals surface area contributed by atoms with Crippen LogP contribution in [-0.4, -0.2) is 47.3 Å². The molecule has 1 aliphatic heterocycles. The van der Waals surface area contributed by atoms with Crippen LogP contribution in [0.4, 0.5) is 19.3 Å². The molecular formula is C22H22F2N4O3. The van der Waals surface area contributed by atoms with Crippen LogP contribution in [0.25, 0.3) is 0 Å². The second-order valence-electron chi connectivity index (χ2n) is 7.62. The number of benzene rings is 2. The summed E-state index contributed by atoms with van der Waals surface area (Å²) in [5.41, 5.74) is -0.768. The van der Waals surface area contributed by atoms with Crippen molar-refractivity contribution < 1.29 is 23.1 Å². The molecule has 0 saturated carbocycles. The Labute approximate surface area is 178 Å². The highest BCUT2D eigenvalue weighted by Gasteiger charge is 2.36. The van der Waals surface area contributed by atoms with Crippen LogP contribution in [0.5, 0.6) is 0 Å². The van der Waals surface area contributed by atoms with E-state index in [9.17, 15) is 18.4 Å². The van der Waals surface area contributed by atoms with Crippen LogP contribution >= 0.6 is 0 Å². The summed E-state index contributed by atoms with van der Waals surface area (Å²) in [5, 5.41) is 10.1. The molecule has 1 heterocycles. The number of ether oxygens (including phenoxy) is 1. The SMILES string of the molecule is CC(C)(C)OC(=O)N(CCF)/N=C1\C(=O)N(c2ccccc2)N=C1c1ccccc1F. The van der Waals surface area contributed by atoms with Crippen molar-refractivity contribution in [2.24, 2.45) is 10.2 Å². The molecule has 31 heavy (non-hydrogen) atoms. The summed E-state index contributed by atoms with van der Waals surface area (Å²) >= 11 is 0. The van der Waals surface area contributed by atoms with Crippen molar-refractivity contribution in [1.82, 2.24) is 5.01 Å². The monoisotopic (exact) mass is 428 g/mol. The van der Waals surface area contributed by atoms with Gasteiger partial charge in [-0.15, -0.1) is 0 Å². The van der Waals surface area contributed by atoms with E-state index in [1.54, 1.807) is 57.2 Å². The summed E-state index contributed by atoms with van der Waals surface area (Å²) in [6.07, 6.45) is -0.934. The number of nitrogens with zero attached hydrogens (tertiary/aromatic N) is 4. The number of hydrogen-bond acceptors (Lipinski definition) is 5. The maximum absolute atomic E-state index is 14.5. The summed E-state index contributed by atoms with van der Waals surface area (Å²) in [4.78, 5) is 25.6. The quantitative estimate of drug-likeness (QED) is 0.672. The number of alkyl halides is 1. The molecule has 2 aromatic carbocycles. The van der Waals surface area contributed by atoms with E-state index in [2.05, 4.69) is 10.2 Å². The fraction of sp³-hybridized carbons (Fsp3) is 0.273. The normalized spacial score (nSPS) is 15.3. The second-order valence-corrected chi connectivity index (χ2v) is 7.62. The number of carbonyl (C=O) groups is 2. The summed E-state index contributed by atoms with van der Waals surface area (Å²) < 4.78 is 32.9. The van der Waals surface area contributed by atoms with E-state index >= 15 is 0 Å². The molecule has 0 N–H and O–H groups in total. The summed E-state index contributed by atoms with van der Waals surface area (Å²) in [6.45, 7) is 3.58. The molecular weight excluding hydrogens is 406 g/mol. The van der Waals surface area contributed by atoms with Gasteiger partial charge in [0.25, 0.3) is 0 Å². The molecule has 0 spiro atoms. The van der Waals surface area contributed by atoms with Crippen molar-refractivity contribution in [2.75, 3.05) is 18.2 Å². The predicted octanol–water partition coefficient (Wildman–Crippen LogP) is 4.14. The van der Waals surface area contributed by atoms with Gasteiger partial charge in [-0.3, -0.25) is 4.79 Å². The first kappa shape index (κ1) is 22.1. The van der Waals surface area contributed by atoms with Gasteiger partial charge in [0.05, 0.1) is 12.2 Å². The van der Waals surface area contributed by atoms with Gasteiger partial charge >= 0.3 is 12.0 Å². The van der Waals surface area contributed by atoms with Gasteiger partial charge in [0.1, 0.15) is 23.8 Å². The standard InChI is InChI=1S/C22H22F2N4O3/c1-22(2,3)31-21(30)27(14-13-23)25-19-18(16-11-7-8-12-17(16)24)26-28(20(19)29)15-9-5-4-6-10-15/h4-12H,13-14H2,1-3H3/b25-19-. The van der Waals surface area contributed by atoms with Crippen molar-refractivity contribution in [3.63, 3.8) is 0 Å². The number of para-hydroxylation sites is 1. The summed E-state index contributed by atoms with van der Waals surface area (Å²) in [5.74, 6) is -1.30. The van der Waals surface area contributed by atoms with Crippen LogP contribution in [0.15, 0.2) is 64.8 Å². The molecule has 2 aromatic rings. The molecule has 0 radical (unpaired) electrons. The van der Waals surface area contributed by atoms with Crippen molar-refractivity contribution in [2.45, 2.75) is 26.4 Å². The van der Waals surface area contributed by atoms with Crippen LogP contribution in [0.1, 0.15) is 26.3 Å². The Bertz CT molecular complexity index is 1030. The number of amides is 2. The Kier molecular flexibility index (Phi) is 6.43. The number of carbonyl (C=O) groups excluding carboxylic acids is 2. The molecule has 0 aromatic heterocycles. The zero-order valence-electron chi connectivity index (χ0n) is 17.4. The second kappa shape index (κ2) is 9.03. The first-order valence-corrected chi connectivity index (χ1v) is 9.60. The lowest BCUT2D eigenvalue weighted by atomic mass is 10.1. The average molecular weight is 428 g/mol. The number of halogens is 2. The summed E-state index contributed by atoms with van der Waals surface area (Å²) in [7, 11) is 0. The first-order valence-electron chi connectivity index (χ1n) is 9.60. The Morgan fingerprint density at radius 1 is 1.13 bits per heavy atom. The molecule has 7 nitrogen and oxygen atoms in total. The zero-order chi connectivity index (χ0) is 22.6. The lowest BCUT2D eigenvalue weighted by Gasteiger charge is -2.24. The van der Waals surface area contributed by atoms with Crippen LogP contribution in [0, 0.1) is 5.82 Å². The maximum atomic E-state index is 14.5. The van der Waals surface area contributed by atoms with E-state index in [0.29, 0.717) is 10.7 Å². The maximum Gasteiger partial charge on any atom is 0.431 e. The minimum atomic E-state index is -0.934. The van der Waals surface area contributed by atoms with Gasteiger partial charge in [-0.1, -0.05) is 30.3 Å². The van der Waals surface area contributed by atoms with Crippen LogP contribution < -0.4 is 5.01 Å². The third kappa shape index (κ3) is 5.11. The van der Waals surface area contributed by atoms with Gasteiger partial charge in [0.2, 0.25) is 0 Å². The minimum absolute atomic E-state index is 0.0254. The van der Waals surface area contributed by atoms with Gasteiger partial charge in [-0.25, -0.2) is 13.6 Å². The molecule has 0 bridgehead atoms. The molecule has 1 aliphatic rings. The highest BCUT2D eigenvalue weighted by atomic mass is 19.1. The van der Waals surface area contributed by atoms with Crippen molar-refractivity contribution >= 4 is 29.1 Å². The predicted molar refractivity (Wildman–Crippen MR) is 113 cm³/mol. The van der Waals surface area contributed by atoms with Crippen LogP contribution in [0.2, 0.25) is 0 Å². The molecule has 2 amide bonds. The van der Waals surface area contributed by atoms with Crippen LogP contribution in [-0.2, 0) is 9.53 Å². The average Bonchev–Trinajstić information content (AvgIpc) is 3.03. The molecule has 0 unspecified atom stereocenters. The molecule has 0 saturated heterocycles. The van der Waals surface area contributed by atoms with E-state index in [-0.39, 0.29) is 17.0 Å². The molecule has 0 aliphatic carbocycles. The fourth-order valence-corrected chi connectivity index (χ4v) is 2.76. The van der Waals surface area contributed by atoms with E-state index in [1.807, 2.05) is 0 Å². The molecule has 0 atom stereocenters. The topological polar surface area (TPSA) is 74.6 Å². The third-order valence-electron chi connectivity index (χ3n) is 4.07. The summed E-state index contributed by atoms with van der Waals surface area (Å²) in [6, 6.07) is 14.2. The zero-order valence-corrected chi connectivity index (χ0v) is 17.4. The van der Waals surface area contributed by atoms with Gasteiger partial charge in [0, 0.05) is 5.56 Å². The van der Waals surface area contributed by atoms with Gasteiger partial charge in [-0.05, 0) is 45.0 Å². The van der Waals surface area contributed by atoms with Crippen molar-refractivity contribution in [1.29, 1.82) is 0 Å². The largest absolute Gasteiger partial charge is 0.442 e. The van der Waals surface area contributed by atoms with Crippen molar-refractivity contribution in [3.05, 3.63) is 66.0 Å². The number of hydrogen-bond donors (Lipinski definition) is 0. The van der Waals surface area contributed by atoms with E-state index in [1.165, 1.54) is 18.2 Å². The minimum Gasteiger partial charge on any atom is -0.442 e. The first-order chi connectivity index (χ1) is 14.7. The lowest BCUT2D eigenvalue weighted by molar-refractivity contribution is -0.112. The Morgan fingerprint density at radius 2 is 1.77 bits per heavy atom. The smallest absolute Gasteiger partial charge is 0.431 e. The molecule has 3 rings (SSSR count). The lowest BCUT2D eigenvalue weighted by Crippen LogP contribution is -2.38.